The number of hydrogen-bond donors (Lipinski definition) is 1. The van der Waals surface area contributed by atoms with E-state index in [2.05, 4.69) is 0 Å². The van der Waals surface area contributed by atoms with E-state index in [1.54, 1.807) is 0 Å². The van der Waals surface area contributed by atoms with E-state index in [0.717, 1.165) is 32.1 Å². The summed E-state index contributed by atoms with van der Waals surface area (Å²) in [7, 11) is -2.79. The fourth-order valence-corrected chi connectivity index (χ4v) is 1.85. The molecule has 0 rings (SSSR count). The van der Waals surface area contributed by atoms with Gasteiger partial charge in [0.15, 0.2) is 0 Å². The van der Waals surface area contributed by atoms with E-state index in [0.29, 0.717) is 0 Å². The van der Waals surface area contributed by atoms with Crippen LogP contribution in [0.25, 0.3) is 0 Å². The standard InChI is InChI=1S/C9H20O3S/c1-3-9(10)7-5-4-6-8-13(2,11)12/h9-10H,3-8H2,1-2H3. The summed E-state index contributed by atoms with van der Waals surface area (Å²) in [5.41, 5.74) is 0. The number of unbranched alkanes of at least 4 members (excludes halogenated alkanes) is 2. The maximum Gasteiger partial charge on any atom is 0.147 e. The van der Waals surface area contributed by atoms with Gasteiger partial charge in [0.2, 0.25) is 0 Å². The van der Waals surface area contributed by atoms with Crippen LogP contribution >= 0.6 is 0 Å². The number of sulfone groups is 1. The van der Waals surface area contributed by atoms with Gasteiger partial charge in [0, 0.05) is 12.0 Å². The first-order valence-corrected chi connectivity index (χ1v) is 6.87. The minimum Gasteiger partial charge on any atom is -0.393 e. The molecule has 0 aromatic carbocycles. The average Bonchev–Trinajstić information content (AvgIpc) is 2.01. The molecule has 1 N–H and O–H groups in total. The van der Waals surface area contributed by atoms with E-state index in [1.807, 2.05) is 6.92 Å². The molecule has 0 aliphatic heterocycles. The molecule has 0 amide bonds. The lowest BCUT2D eigenvalue weighted by molar-refractivity contribution is 0.157. The van der Waals surface area contributed by atoms with E-state index >= 15 is 0 Å². The summed E-state index contributed by atoms with van der Waals surface area (Å²) in [6.07, 6.45) is 5.16. The Kier molecular flexibility index (Phi) is 6.33. The Hall–Kier alpha value is -0.0900. The van der Waals surface area contributed by atoms with Gasteiger partial charge in [-0.1, -0.05) is 19.8 Å². The lowest BCUT2D eigenvalue weighted by Gasteiger charge is -2.06. The molecule has 0 aromatic heterocycles. The highest BCUT2D eigenvalue weighted by Gasteiger charge is 2.03. The highest BCUT2D eigenvalue weighted by molar-refractivity contribution is 7.90. The van der Waals surface area contributed by atoms with Crippen LogP contribution < -0.4 is 0 Å². The van der Waals surface area contributed by atoms with Crippen molar-refractivity contribution in [1.82, 2.24) is 0 Å². The van der Waals surface area contributed by atoms with E-state index in [-0.39, 0.29) is 11.9 Å². The fraction of sp³-hybridized carbons (Fsp3) is 1.00. The van der Waals surface area contributed by atoms with Crippen LogP contribution in [-0.4, -0.2) is 31.6 Å². The Balaban J connectivity index is 3.27. The van der Waals surface area contributed by atoms with Gasteiger partial charge in [-0.25, -0.2) is 8.42 Å². The maximum absolute atomic E-state index is 10.7. The van der Waals surface area contributed by atoms with E-state index < -0.39 is 9.84 Å². The Bertz CT molecular complexity index is 209. The van der Waals surface area contributed by atoms with E-state index in [4.69, 9.17) is 0 Å². The first kappa shape index (κ1) is 12.9. The van der Waals surface area contributed by atoms with Crippen LogP contribution in [0.1, 0.15) is 39.0 Å². The van der Waals surface area contributed by atoms with Crippen molar-refractivity contribution >= 4 is 9.84 Å². The van der Waals surface area contributed by atoms with Crippen LogP contribution in [0.15, 0.2) is 0 Å². The zero-order valence-corrected chi connectivity index (χ0v) is 9.31. The van der Waals surface area contributed by atoms with Crippen molar-refractivity contribution in [2.24, 2.45) is 0 Å². The van der Waals surface area contributed by atoms with Crippen molar-refractivity contribution in [2.45, 2.75) is 45.1 Å². The molecular formula is C9H20O3S. The van der Waals surface area contributed by atoms with Gasteiger partial charge in [-0.3, -0.25) is 0 Å². The predicted molar refractivity (Wildman–Crippen MR) is 54.5 cm³/mol. The van der Waals surface area contributed by atoms with Gasteiger partial charge < -0.3 is 5.11 Å². The molecule has 0 bridgehead atoms. The molecule has 0 aliphatic carbocycles. The molecule has 0 aromatic rings. The molecule has 0 saturated carbocycles. The third kappa shape index (κ3) is 9.83. The highest BCUT2D eigenvalue weighted by atomic mass is 32.2. The Morgan fingerprint density at radius 2 is 1.85 bits per heavy atom. The third-order valence-corrected chi connectivity index (χ3v) is 3.05. The third-order valence-electron chi connectivity index (χ3n) is 2.02. The van der Waals surface area contributed by atoms with Gasteiger partial charge in [0.1, 0.15) is 9.84 Å². The molecule has 0 spiro atoms. The number of aliphatic hydroxyl groups is 1. The average molecular weight is 208 g/mol. The molecule has 0 radical (unpaired) electrons. The van der Waals surface area contributed by atoms with Crippen LogP contribution in [-0.2, 0) is 9.84 Å². The molecule has 4 heteroatoms. The molecule has 0 heterocycles. The van der Waals surface area contributed by atoms with Crippen molar-refractivity contribution < 1.29 is 13.5 Å². The molecule has 0 saturated heterocycles. The molecular weight excluding hydrogens is 188 g/mol. The van der Waals surface area contributed by atoms with Gasteiger partial charge in [-0.15, -0.1) is 0 Å². The summed E-state index contributed by atoms with van der Waals surface area (Å²) in [6.45, 7) is 1.95. The lowest BCUT2D eigenvalue weighted by atomic mass is 10.1. The largest absolute Gasteiger partial charge is 0.393 e. The Labute approximate surface area is 81.1 Å². The van der Waals surface area contributed by atoms with Crippen LogP contribution in [0, 0.1) is 0 Å². The molecule has 13 heavy (non-hydrogen) atoms. The zero-order valence-electron chi connectivity index (χ0n) is 8.49. The van der Waals surface area contributed by atoms with Crippen molar-refractivity contribution in [3.05, 3.63) is 0 Å². The Morgan fingerprint density at radius 3 is 2.31 bits per heavy atom. The second-order valence-corrected chi connectivity index (χ2v) is 5.80. The van der Waals surface area contributed by atoms with Crippen LogP contribution in [0.3, 0.4) is 0 Å². The molecule has 0 fully saturated rings. The molecule has 1 atom stereocenters. The minimum absolute atomic E-state index is 0.210. The quantitative estimate of drug-likeness (QED) is 0.643. The van der Waals surface area contributed by atoms with Gasteiger partial charge in [-0.05, 0) is 19.3 Å². The van der Waals surface area contributed by atoms with E-state index in [1.165, 1.54) is 6.26 Å². The van der Waals surface area contributed by atoms with Gasteiger partial charge >= 0.3 is 0 Å². The first-order valence-electron chi connectivity index (χ1n) is 4.81. The van der Waals surface area contributed by atoms with Gasteiger partial charge in [0.05, 0.1) is 6.10 Å². The minimum atomic E-state index is -2.79. The van der Waals surface area contributed by atoms with Crippen molar-refractivity contribution in [3.8, 4) is 0 Å². The SMILES string of the molecule is CCC(O)CCCCCS(C)(=O)=O. The Morgan fingerprint density at radius 1 is 1.23 bits per heavy atom. The summed E-state index contributed by atoms with van der Waals surface area (Å²) >= 11 is 0. The van der Waals surface area contributed by atoms with Crippen molar-refractivity contribution in [1.29, 1.82) is 0 Å². The van der Waals surface area contributed by atoms with Crippen molar-refractivity contribution in [3.63, 3.8) is 0 Å². The second kappa shape index (κ2) is 6.38. The van der Waals surface area contributed by atoms with E-state index in [9.17, 15) is 13.5 Å². The molecule has 80 valence electrons. The monoisotopic (exact) mass is 208 g/mol. The topological polar surface area (TPSA) is 54.4 Å². The van der Waals surface area contributed by atoms with Gasteiger partial charge in [0.25, 0.3) is 0 Å². The first-order chi connectivity index (χ1) is 5.95. The summed E-state index contributed by atoms with van der Waals surface area (Å²) in [4.78, 5) is 0. The lowest BCUT2D eigenvalue weighted by Crippen LogP contribution is -2.05. The summed E-state index contributed by atoms with van der Waals surface area (Å²) < 4.78 is 21.5. The zero-order chi connectivity index (χ0) is 10.3. The second-order valence-electron chi connectivity index (χ2n) is 3.54. The number of hydrogen-bond acceptors (Lipinski definition) is 3. The molecule has 1 unspecified atom stereocenters. The number of rotatable bonds is 7. The summed E-state index contributed by atoms with van der Waals surface area (Å²) in [5.74, 6) is 0.273. The van der Waals surface area contributed by atoms with Crippen LogP contribution in [0.5, 0.6) is 0 Å². The molecule has 0 aliphatic rings. The molecule has 3 nitrogen and oxygen atoms in total. The normalized spacial score (nSPS) is 14.4. The maximum atomic E-state index is 10.7. The van der Waals surface area contributed by atoms with Crippen LogP contribution in [0.2, 0.25) is 0 Å². The smallest absolute Gasteiger partial charge is 0.147 e. The van der Waals surface area contributed by atoms with Crippen LogP contribution in [0.4, 0.5) is 0 Å². The summed E-state index contributed by atoms with van der Waals surface area (Å²) in [6, 6.07) is 0. The van der Waals surface area contributed by atoms with Crippen molar-refractivity contribution in [2.75, 3.05) is 12.0 Å². The number of aliphatic hydroxyl groups excluding tert-OH is 1. The summed E-state index contributed by atoms with van der Waals surface area (Å²) in [5, 5.41) is 9.20. The predicted octanol–water partition coefficient (Wildman–Crippen LogP) is 1.36. The van der Waals surface area contributed by atoms with Gasteiger partial charge in [-0.2, -0.15) is 0 Å². The fourth-order valence-electron chi connectivity index (χ4n) is 1.13. The highest BCUT2D eigenvalue weighted by Crippen LogP contribution is 2.06.